The summed E-state index contributed by atoms with van der Waals surface area (Å²) in [5.74, 6) is 0. The molecule has 0 aromatic heterocycles. The molecule has 0 atom stereocenters. The number of benzene rings is 1. The minimum Gasteiger partial charge on any atom is -0.423 e. The molecule has 1 aliphatic heterocycles. The Hall–Kier alpha value is -1.04. The summed E-state index contributed by atoms with van der Waals surface area (Å²) in [5.41, 5.74) is 5.94. The van der Waals surface area contributed by atoms with E-state index in [4.69, 9.17) is 9.49 Å². The number of rotatable bonds is 3. The Morgan fingerprint density at radius 1 is 1.20 bits per heavy atom. The first-order chi connectivity index (χ1) is 9.83. The molecule has 5 heteroatoms. The normalized spacial score (nSPS) is 20.4. The summed E-state index contributed by atoms with van der Waals surface area (Å²) in [6.45, 7) is 0.583. The van der Waals surface area contributed by atoms with Crippen molar-refractivity contribution in [3.8, 4) is 0 Å². The van der Waals surface area contributed by atoms with Crippen molar-refractivity contribution in [2.24, 2.45) is 0 Å². The molecule has 0 radical (unpaired) electrons. The third-order valence-electron chi connectivity index (χ3n) is 4.20. The fourth-order valence-corrected chi connectivity index (χ4v) is 3.00. The largest absolute Gasteiger partial charge is 0.491 e. The van der Waals surface area contributed by atoms with E-state index in [1.807, 2.05) is 18.2 Å². The van der Waals surface area contributed by atoms with Crippen molar-refractivity contribution in [1.29, 1.82) is 0 Å². The van der Waals surface area contributed by atoms with Gasteiger partial charge in [-0.05, 0) is 42.4 Å². The molecular weight excluding hydrogens is 253 g/mol. The molecule has 0 amide bonds. The zero-order chi connectivity index (χ0) is 13.8. The molecule has 1 saturated carbocycles. The minimum atomic E-state index is -0.807. The lowest BCUT2D eigenvalue weighted by atomic mass is 9.73. The Bertz CT molecular complexity index is 447. The van der Waals surface area contributed by atoms with E-state index >= 15 is 0 Å². The lowest BCUT2D eigenvalue weighted by molar-refractivity contribution is 0.0873. The van der Waals surface area contributed by atoms with Gasteiger partial charge in [0.15, 0.2) is 0 Å². The van der Waals surface area contributed by atoms with Crippen LogP contribution < -0.4 is 10.9 Å². The van der Waals surface area contributed by atoms with Crippen LogP contribution in [0.25, 0.3) is 0 Å². The summed E-state index contributed by atoms with van der Waals surface area (Å²) in [7, 11) is -0.807. The molecule has 1 aromatic carbocycles. The molecule has 1 fully saturated rings. The molecule has 2 N–H and O–H groups in total. The van der Waals surface area contributed by atoms with Gasteiger partial charge in [0.2, 0.25) is 0 Å². The van der Waals surface area contributed by atoms with Gasteiger partial charge in [-0.3, -0.25) is 10.3 Å². The molecule has 0 spiro atoms. The van der Waals surface area contributed by atoms with Crippen molar-refractivity contribution in [3.63, 3.8) is 0 Å². The van der Waals surface area contributed by atoms with Gasteiger partial charge in [-0.1, -0.05) is 31.7 Å². The van der Waals surface area contributed by atoms with Crippen LogP contribution in [0.5, 0.6) is 0 Å². The summed E-state index contributed by atoms with van der Waals surface area (Å²) >= 11 is 0. The lowest BCUT2D eigenvalue weighted by Gasteiger charge is -2.21. The van der Waals surface area contributed by atoms with Crippen LogP contribution in [-0.4, -0.2) is 24.9 Å². The first-order valence-electron chi connectivity index (χ1n) is 7.67. The number of hydrogen-bond donors (Lipinski definition) is 2. The number of nitrogens with one attached hydrogen (secondary N) is 1. The Balaban J connectivity index is 1.61. The highest BCUT2D eigenvalue weighted by Crippen LogP contribution is 2.20. The SMILES string of the molecule is OB1OCCc2ccc(NOC3CCCCCC3)cc21. The predicted molar refractivity (Wildman–Crippen MR) is 79.9 cm³/mol. The molecule has 20 heavy (non-hydrogen) atoms. The summed E-state index contributed by atoms with van der Waals surface area (Å²) < 4.78 is 5.26. The van der Waals surface area contributed by atoms with Gasteiger partial charge < -0.3 is 9.68 Å². The van der Waals surface area contributed by atoms with Crippen molar-refractivity contribution >= 4 is 18.3 Å². The maximum absolute atomic E-state index is 9.85. The topological polar surface area (TPSA) is 50.7 Å². The molecule has 1 heterocycles. The van der Waals surface area contributed by atoms with Crippen LogP contribution >= 0.6 is 0 Å². The molecule has 0 unspecified atom stereocenters. The average molecular weight is 275 g/mol. The van der Waals surface area contributed by atoms with Crippen LogP contribution in [0.4, 0.5) is 5.69 Å². The van der Waals surface area contributed by atoms with Crippen LogP contribution in [0.1, 0.15) is 44.1 Å². The first kappa shape index (κ1) is 13.9. The zero-order valence-electron chi connectivity index (χ0n) is 11.8. The Morgan fingerprint density at radius 3 is 2.80 bits per heavy atom. The second-order valence-corrected chi connectivity index (χ2v) is 5.72. The molecular formula is C15H22BNO3. The van der Waals surface area contributed by atoms with E-state index in [0.717, 1.165) is 36.0 Å². The fraction of sp³-hybridized carbons (Fsp3) is 0.600. The Morgan fingerprint density at radius 2 is 2.00 bits per heavy atom. The Kier molecular flexibility index (Phi) is 4.60. The zero-order valence-corrected chi connectivity index (χ0v) is 11.8. The predicted octanol–water partition coefficient (Wildman–Crippen LogP) is 2.01. The van der Waals surface area contributed by atoms with Gasteiger partial charge in [-0.2, -0.15) is 0 Å². The van der Waals surface area contributed by atoms with E-state index < -0.39 is 7.12 Å². The van der Waals surface area contributed by atoms with E-state index in [1.54, 1.807) is 0 Å². The first-order valence-corrected chi connectivity index (χ1v) is 7.67. The van der Waals surface area contributed by atoms with Gasteiger partial charge in [-0.25, -0.2) is 0 Å². The van der Waals surface area contributed by atoms with Crippen LogP contribution in [0, 0.1) is 0 Å². The van der Waals surface area contributed by atoms with E-state index in [-0.39, 0.29) is 0 Å². The molecule has 0 bridgehead atoms. The monoisotopic (exact) mass is 275 g/mol. The van der Waals surface area contributed by atoms with Crippen LogP contribution in [0.2, 0.25) is 0 Å². The highest BCUT2D eigenvalue weighted by Gasteiger charge is 2.25. The fourth-order valence-electron chi connectivity index (χ4n) is 3.00. The molecule has 108 valence electrons. The van der Waals surface area contributed by atoms with Gasteiger partial charge >= 0.3 is 7.12 Å². The molecule has 1 aromatic rings. The lowest BCUT2D eigenvalue weighted by Crippen LogP contribution is -2.41. The summed E-state index contributed by atoms with van der Waals surface area (Å²) in [4.78, 5) is 5.80. The molecule has 1 aliphatic carbocycles. The van der Waals surface area contributed by atoms with E-state index in [0.29, 0.717) is 12.7 Å². The van der Waals surface area contributed by atoms with Gasteiger partial charge in [0.25, 0.3) is 0 Å². The minimum absolute atomic E-state index is 0.301. The third-order valence-corrected chi connectivity index (χ3v) is 4.20. The number of anilines is 1. The highest BCUT2D eigenvalue weighted by molar-refractivity contribution is 6.61. The second-order valence-electron chi connectivity index (χ2n) is 5.72. The van der Waals surface area contributed by atoms with Crippen molar-refractivity contribution in [3.05, 3.63) is 23.8 Å². The van der Waals surface area contributed by atoms with Crippen molar-refractivity contribution in [2.75, 3.05) is 12.1 Å². The summed E-state index contributed by atoms with van der Waals surface area (Å²) in [5, 5.41) is 9.85. The van der Waals surface area contributed by atoms with E-state index in [1.165, 1.54) is 25.7 Å². The number of hydrogen-bond acceptors (Lipinski definition) is 4. The van der Waals surface area contributed by atoms with Crippen LogP contribution in [-0.2, 0) is 15.9 Å². The third kappa shape index (κ3) is 3.34. The van der Waals surface area contributed by atoms with Gasteiger partial charge in [0, 0.05) is 6.61 Å². The smallest absolute Gasteiger partial charge is 0.423 e. The standard InChI is InChI=1S/C15H22BNO3/c18-16-15-11-13(8-7-12(15)9-10-19-16)17-20-14-5-3-1-2-4-6-14/h7-8,11,14,17-18H,1-6,9-10H2. The van der Waals surface area contributed by atoms with Gasteiger partial charge in [0.1, 0.15) is 0 Å². The van der Waals surface area contributed by atoms with Crippen molar-refractivity contribution < 1.29 is 14.5 Å². The molecule has 4 nitrogen and oxygen atoms in total. The average Bonchev–Trinajstić information content (AvgIpc) is 2.74. The van der Waals surface area contributed by atoms with Gasteiger partial charge in [0.05, 0.1) is 11.8 Å². The Labute approximate surface area is 120 Å². The quantitative estimate of drug-likeness (QED) is 0.503. The van der Waals surface area contributed by atoms with Crippen molar-refractivity contribution in [1.82, 2.24) is 0 Å². The van der Waals surface area contributed by atoms with Crippen LogP contribution in [0.15, 0.2) is 18.2 Å². The molecule has 3 rings (SSSR count). The highest BCUT2D eigenvalue weighted by atomic mass is 16.7. The maximum atomic E-state index is 9.85. The molecule has 2 aliphatic rings. The summed E-state index contributed by atoms with van der Waals surface area (Å²) in [6, 6.07) is 5.98. The molecule has 0 saturated heterocycles. The van der Waals surface area contributed by atoms with E-state index in [2.05, 4.69) is 5.48 Å². The van der Waals surface area contributed by atoms with E-state index in [9.17, 15) is 5.02 Å². The maximum Gasteiger partial charge on any atom is 0.491 e. The van der Waals surface area contributed by atoms with Crippen molar-refractivity contribution in [2.45, 2.75) is 51.0 Å². The summed E-state index contributed by atoms with van der Waals surface area (Å²) in [6.07, 6.45) is 8.56. The van der Waals surface area contributed by atoms with Crippen LogP contribution in [0.3, 0.4) is 0 Å². The second kappa shape index (κ2) is 6.61. The van der Waals surface area contributed by atoms with Gasteiger partial charge in [-0.15, -0.1) is 0 Å². The number of fused-ring (bicyclic) bond motifs is 1.